The van der Waals surface area contributed by atoms with E-state index in [0.29, 0.717) is 6.04 Å². The van der Waals surface area contributed by atoms with Crippen molar-refractivity contribution < 1.29 is 0 Å². The second kappa shape index (κ2) is 3.49. The summed E-state index contributed by atoms with van der Waals surface area (Å²) in [6, 6.07) is 4.52. The van der Waals surface area contributed by atoms with E-state index in [-0.39, 0.29) is 0 Å². The lowest BCUT2D eigenvalue weighted by Crippen LogP contribution is -2.12. The normalized spacial score (nSPS) is 13.0. The van der Waals surface area contributed by atoms with Crippen molar-refractivity contribution in [2.45, 2.75) is 19.9 Å². The van der Waals surface area contributed by atoms with Crippen molar-refractivity contribution >= 4 is 0 Å². The average Bonchev–Trinajstić information content (AvgIpc) is 2.05. The van der Waals surface area contributed by atoms with Crippen LogP contribution >= 0.6 is 0 Å². The Morgan fingerprint density at radius 2 is 2.18 bits per heavy atom. The summed E-state index contributed by atoms with van der Waals surface area (Å²) >= 11 is 0. The molecule has 2 nitrogen and oxygen atoms in total. The van der Waals surface area contributed by atoms with Crippen molar-refractivity contribution in [1.29, 1.82) is 0 Å². The summed E-state index contributed by atoms with van der Waals surface area (Å²) in [5, 5.41) is 3.16. The highest BCUT2D eigenvalue weighted by Gasteiger charge is 2.00. The molecule has 0 spiro atoms. The van der Waals surface area contributed by atoms with E-state index in [1.807, 2.05) is 26.2 Å². The number of nitrogens with zero attached hydrogens (tertiary/aromatic N) is 1. The topological polar surface area (TPSA) is 24.9 Å². The third-order valence-electron chi connectivity index (χ3n) is 1.87. The first-order valence-electron chi connectivity index (χ1n) is 3.84. The summed E-state index contributed by atoms with van der Waals surface area (Å²) < 4.78 is 0. The lowest BCUT2D eigenvalue weighted by molar-refractivity contribution is 0.649. The molecule has 1 aromatic rings. The van der Waals surface area contributed by atoms with Crippen molar-refractivity contribution in [3.8, 4) is 0 Å². The van der Waals surface area contributed by atoms with Crippen LogP contribution in [0.5, 0.6) is 0 Å². The summed E-state index contributed by atoms with van der Waals surface area (Å²) in [5.41, 5.74) is 2.30. The first kappa shape index (κ1) is 8.21. The van der Waals surface area contributed by atoms with Crippen LogP contribution in [0.25, 0.3) is 0 Å². The molecule has 1 rings (SSSR count). The van der Waals surface area contributed by atoms with Gasteiger partial charge in [-0.05, 0) is 32.5 Å². The van der Waals surface area contributed by atoms with Crippen molar-refractivity contribution in [2.24, 2.45) is 0 Å². The van der Waals surface area contributed by atoms with Gasteiger partial charge in [0.05, 0.1) is 0 Å². The van der Waals surface area contributed by atoms with E-state index in [4.69, 9.17) is 0 Å². The molecule has 1 heterocycles. The zero-order valence-electron chi connectivity index (χ0n) is 7.26. The number of nitrogens with one attached hydrogen (secondary N) is 1. The van der Waals surface area contributed by atoms with Gasteiger partial charge >= 0.3 is 0 Å². The maximum atomic E-state index is 4.21. The van der Waals surface area contributed by atoms with Crippen LogP contribution in [0.2, 0.25) is 0 Å². The fourth-order valence-electron chi connectivity index (χ4n) is 0.902. The minimum absolute atomic E-state index is 0.392. The highest BCUT2D eigenvalue weighted by Crippen LogP contribution is 2.09. The van der Waals surface area contributed by atoms with Gasteiger partial charge in [-0.15, -0.1) is 0 Å². The number of rotatable bonds is 2. The van der Waals surface area contributed by atoms with E-state index in [9.17, 15) is 0 Å². The van der Waals surface area contributed by atoms with Gasteiger partial charge in [-0.2, -0.15) is 0 Å². The van der Waals surface area contributed by atoms with Crippen LogP contribution in [0, 0.1) is 6.92 Å². The maximum absolute atomic E-state index is 4.21. The number of aryl methyl sites for hydroxylation is 1. The molecule has 0 aliphatic rings. The monoisotopic (exact) mass is 150 g/mol. The highest BCUT2D eigenvalue weighted by atomic mass is 14.9. The van der Waals surface area contributed by atoms with Gasteiger partial charge in [-0.3, -0.25) is 4.98 Å². The van der Waals surface area contributed by atoms with Crippen molar-refractivity contribution in [3.05, 3.63) is 29.6 Å². The second-order valence-electron chi connectivity index (χ2n) is 2.74. The zero-order valence-corrected chi connectivity index (χ0v) is 7.26. The summed E-state index contributed by atoms with van der Waals surface area (Å²) in [6.45, 7) is 4.11. The van der Waals surface area contributed by atoms with Crippen LogP contribution in [0.3, 0.4) is 0 Å². The Kier molecular flexibility index (Phi) is 2.60. The molecule has 0 aliphatic heterocycles. The minimum atomic E-state index is 0.392. The Morgan fingerprint density at radius 3 is 2.64 bits per heavy atom. The van der Waals surface area contributed by atoms with Gasteiger partial charge in [0, 0.05) is 17.9 Å². The van der Waals surface area contributed by atoms with Crippen LogP contribution in [-0.4, -0.2) is 12.0 Å². The number of pyridine rings is 1. The standard InChI is InChI=1S/C9H14N2/c1-7-4-5-9(6-11-7)8(2)10-3/h4-6,8,10H,1-3H3. The third kappa shape index (κ3) is 2.02. The molecular weight excluding hydrogens is 136 g/mol. The molecule has 0 fully saturated rings. The molecule has 0 amide bonds. The molecule has 60 valence electrons. The highest BCUT2D eigenvalue weighted by molar-refractivity contribution is 5.16. The van der Waals surface area contributed by atoms with E-state index in [1.165, 1.54) is 5.56 Å². The van der Waals surface area contributed by atoms with Crippen molar-refractivity contribution in [2.75, 3.05) is 7.05 Å². The van der Waals surface area contributed by atoms with Gasteiger partial charge in [0.25, 0.3) is 0 Å². The Morgan fingerprint density at radius 1 is 1.45 bits per heavy atom. The maximum Gasteiger partial charge on any atom is 0.0372 e. The molecule has 0 aliphatic carbocycles. The van der Waals surface area contributed by atoms with Crippen LogP contribution in [0.4, 0.5) is 0 Å². The van der Waals surface area contributed by atoms with Crippen LogP contribution in [0.1, 0.15) is 24.2 Å². The van der Waals surface area contributed by atoms with E-state index in [1.54, 1.807) is 0 Å². The van der Waals surface area contributed by atoms with Crippen molar-refractivity contribution in [1.82, 2.24) is 10.3 Å². The number of hydrogen-bond donors (Lipinski definition) is 1. The molecule has 1 aromatic heterocycles. The largest absolute Gasteiger partial charge is 0.313 e. The van der Waals surface area contributed by atoms with Gasteiger partial charge in [0.2, 0.25) is 0 Å². The number of hydrogen-bond acceptors (Lipinski definition) is 2. The Bertz CT molecular complexity index is 216. The molecule has 1 N–H and O–H groups in total. The molecular formula is C9H14N2. The van der Waals surface area contributed by atoms with Gasteiger partial charge in [-0.1, -0.05) is 6.07 Å². The predicted octanol–water partition coefficient (Wildman–Crippen LogP) is 1.67. The van der Waals surface area contributed by atoms with Crippen molar-refractivity contribution in [3.63, 3.8) is 0 Å². The van der Waals surface area contributed by atoms with Gasteiger partial charge in [0.15, 0.2) is 0 Å². The second-order valence-corrected chi connectivity index (χ2v) is 2.74. The summed E-state index contributed by atoms with van der Waals surface area (Å²) in [5.74, 6) is 0. The molecule has 0 saturated heterocycles. The lowest BCUT2D eigenvalue weighted by atomic mass is 10.1. The zero-order chi connectivity index (χ0) is 8.27. The van der Waals surface area contributed by atoms with Crippen LogP contribution < -0.4 is 5.32 Å². The molecule has 11 heavy (non-hydrogen) atoms. The van der Waals surface area contributed by atoms with Gasteiger partial charge < -0.3 is 5.32 Å². The van der Waals surface area contributed by atoms with E-state index >= 15 is 0 Å². The van der Waals surface area contributed by atoms with Gasteiger partial charge in [0.1, 0.15) is 0 Å². The SMILES string of the molecule is CNC(C)c1ccc(C)nc1. The summed E-state index contributed by atoms with van der Waals surface area (Å²) in [6.07, 6.45) is 1.91. The molecule has 0 bridgehead atoms. The molecule has 1 atom stereocenters. The molecule has 1 unspecified atom stereocenters. The average molecular weight is 150 g/mol. The third-order valence-corrected chi connectivity index (χ3v) is 1.87. The van der Waals surface area contributed by atoms with Crippen LogP contribution in [0.15, 0.2) is 18.3 Å². The van der Waals surface area contributed by atoms with E-state index in [2.05, 4.69) is 23.3 Å². The van der Waals surface area contributed by atoms with E-state index < -0.39 is 0 Å². The first-order valence-corrected chi connectivity index (χ1v) is 3.84. The fourth-order valence-corrected chi connectivity index (χ4v) is 0.902. The Hall–Kier alpha value is -0.890. The molecule has 0 aromatic carbocycles. The smallest absolute Gasteiger partial charge is 0.0372 e. The lowest BCUT2D eigenvalue weighted by Gasteiger charge is -2.09. The summed E-state index contributed by atoms with van der Waals surface area (Å²) in [4.78, 5) is 4.21. The quantitative estimate of drug-likeness (QED) is 0.693. The Balaban J connectivity index is 2.81. The fraction of sp³-hybridized carbons (Fsp3) is 0.444. The van der Waals surface area contributed by atoms with Gasteiger partial charge in [-0.25, -0.2) is 0 Å². The molecule has 0 saturated carbocycles. The van der Waals surface area contributed by atoms with E-state index in [0.717, 1.165) is 5.69 Å². The Labute approximate surface area is 67.7 Å². The number of aromatic nitrogens is 1. The minimum Gasteiger partial charge on any atom is -0.313 e. The predicted molar refractivity (Wildman–Crippen MR) is 46.4 cm³/mol. The van der Waals surface area contributed by atoms with Crippen LogP contribution in [-0.2, 0) is 0 Å². The first-order chi connectivity index (χ1) is 5.24. The molecule has 2 heteroatoms. The summed E-state index contributed by atoms with van der Waals surface area (Å²) in [7, 11) is 1.95. The molecule has 0 radical (unpaired) electrons.